The first-order chi connectivity index (χ1) is 15.4. The summed E-state index contributed by atoms with van der Waals surface area (Å²) in [6.07, 6.45) is 0.784. The van der Waals surface area contributed by atoms with Crippen LogP contribution in [0.4, 0.5) is 11.4 Å². The number of hydrogen-bond acceptors (Lipinski definition) is 4. The van der Waals surface area contributed by atoms with Crippen LogP contribution in [0, 0.1) is 6.92 Å². The minimum Gasteiger partial charge on any atom is -0.350 e. The van der Waals surface area contributed by atoms with Gasteiger partial charge in [0, 0.05) is 20.6 Å². The van der Waals surface area contributed by atoms with E-state index in [-0.39, 0.29) is 5.70 Å². The molecule has 32 heavy (non-hydrogen) atoms. The van der Waals surface area contributed by atoms with Crippen LogP contribution in [-0.4, -0.2) is 11.8 Å². The second-order valence-corrected chi connectivity index (χ2v) is 9.28. The predicted octanol–water partition coefficient (Wildman–Crippen LogP) is 6.85. The molecule has 0 fully saturated rings. The van der Waals surface area contributed by atoms with Gasteiger partial charge in [-0.15, -0.1) is 0 Å². The Hall–Kier alpha value is -2.73. The highest BCUT2D eigenvalue weighted by Gasteiger charge is 2.40. The number of rotatable bonds is 6. The third kappa shape index (κ3) is 4.56. The Morgan fingerprint density at radius 2 is 1.56 bits per heavy atom. The second kappa shape index (κ2) is 9.41. The van der Waals surface area contributed by atoms with Crippen molar-refractivity contribution in [3.63, 3.8) is 0 Å². The van der Waals surface area contributed by atoms with Gasteiger partial charge in [0.15, 0.2) is 0 Å². The first-order valence-electron chi connectivity index (χ1n) is 10.1. The maximum Gasteiger partial charge on any atom is 0.283 e. The molecule has 0 atom stereocenters. The van der Waals surface area contributed by atoms with Crippen LogP contribution in [0.3, 0.4) is 0 Å². The number of aryl methyl sites for hydroxylation is 2. The largest absolute Gasteiger partial charge is 0.350 e. The van der Waals surface area contributed by atoms with E-state index in [1.165, 1.54) is 11.8 Å². The van der Waals surface area contributed by atoms with Gasteiger partial charge in [-0.2, -0.15) is 0 Å². The van der Waals surface area contributed by atoms with E-state index in [4.69, 9.17) is 23.2 Å². The van der Waals surface area contributed by atoms with Crippen LogP contribution < -0.4 is 10.2 Å². The van der Waals surface area contributed by atoms with Crippen molar-refractivity contribution >= 4 is 58.2 Å². The summed E-state index contributed by atoms with van der Waals surface area (Å²) in [6.45, 7) is 4.04. The Labute approximate surface area is 201 Å². The molecule has 162 valence electrons. The normalized spacial score (nSPS) is 13.8. The summed E-state index contributed by atoms with van der Waals surface area (Å²) in [5, 5.41) is 3.92. The average molecular weight is 483 g/mol. The number of amides is 2. The van der Waals surface area contributed by atoms with Crippen molar-refractivity contribution in [2.45, 2.75) is 25.2 Å². The van der Waals surface area contributed by atoms with Gasteiger partial charge in [0.2, 0.25) is 0 Å². The molecule has 0 spiro atoms. The Morgan fingerprint density at radius 3 is 2.22 bits per heavy atom. The summed E-state index contributed by atoms with van der Waals surface area (Å²) in [4.78, 5) is 29.2. The molecule has 1 aliphatic rings. The van der Waals surface area contributed by atoms with E-state index in [2.05, 4.69) is 5.32 Å². The maximum atomic E-state index is 13.5. The van der Waals surface area contributed by atoms with Gasteiger partial charge in [0.05, 0.1) is 5.69 Å². The number of halogens is 2. The van der Waals surface area contributed by atoms with E-state index in [0.717, 1.165) is 33.0 Å². The van der Waals surface area contributed by atoms with Gasteiger partial charge in [-0.3, -0.25) is 9.59 Å². The van der Waals surface area contributed by atoms with Crippen molar-refractivity contribution in [2.24, 2.45) is 0 Å². The summed E-state index contributed by atoms with van der Waals surface area (Å²) in [5.74, 6) is -0.871. The summed E-state index contributed by atoms with van der Waals surface area (Å²) in [7, 11) is 0. The van der Waals surface area contributed by atoms with Crippen LogP contribution >= 0.6 is 35.0 Å². The topological polar surface area (TPSA) is 49.4 Å². The minimum atomic E-state index is -0.450. The van der Waals surface area contributed by atoms with Crippen molar-refractivity contribution in [3.8, 4) is 0 Å². The molecule has 0 saturated carbocycles. The highest BCUT2D eigenvalue weighted by molar-refractivity contribution is 8.04. The molecule has 3 aromatic carbocycles. The fraction of sp³-hybridized carbons (Fsp3) is 0.120. The van der Waals surface area contributed by atoms with Crippen LogP contribution in [0.25, 0.3) is 0 Å². The zero-order chi connectivity index (χ0) is 22.8. The smallest absolute Gasteiger partial charge is 0.283 e. The number of anilines is 2. The number of carbonyl (C=O) groups excluding carboxylic acids is 2. The molecule has 0 saturated heterocycles. The molecular formula is C25H20Cl2N2O2S. The molecule has 1 heterocycles. The minimum absolute atomic E-state index is 0.234. The van der Waals surface area contributed by atoms with Crippen LogP contribution in [0.15, 0.2) is 82.2 Å². The summed E-state index contributed by atoms with van der Waals surface area (Å²) < 4.78 is 0. The summed E-state index contributed by atoms with van der Waals surface area (Å²) >= 11 is 13.5. The third-order valence-electron chi connectivity index (χ3n) is 5.05. The van der Waals surface area contributed by atoms with Crippen molar-refractivity contribution < 1.29 is 9.59 Å². The Kier molecular flexibility index (Phi) is 6.60. The number of carbonyl (C=O) groups is 2. The number of para-hydroxylation sites is 1. The number of hydrogen-bond donors (Lipinski definition) is 1. The average Bonchev–Trinajstić information content (AvgIpc) is 2.99. The van der Waals surface area contributed by atoms with Crippen molar-refractivity contribution in [2.75, 3.05) is 10.2 Å². The van der Waals surface area contributed by atoms with Gasteiger partial charge in [0.25, 0.3) is 11.8 Å². The van der Waals surface area contributed by atoms with Crippen molar-refractivity contribution in [1.29, 1.82) is 0 Å². The first kappa shape index (κ1) is 22.5. The second-order valence-electron chi connectivity index (χ2n) is 7.33. The quantitative estimate of drug-likeness (QED) is 0.390. The number of thioether (sulfide) groups is 1. The number of benzene rings is 3. The van der Waals surface area contributed by atoms with Crippen LogP contribution in [0.5, 0.6) is 0 Å². The van der Waals surface area contributed by atoms with Gasteiger partial charge < -0.3 is 5.32 Å². The molecule has 2 amide bonds. The molecule has 1 aliphatic heterocycles. The predicted molar refractivity (Wildman–Crippen MR) is 132 cm³/mol. The Morgan fingerprint density at radius 1 is 0.906 bits per heavy atom. The highest BCUT2D eigenvalue weighted by Crippen LogP contribution is 2.39. The first-order valence-corrected chi connectivity index (χ1v) is 11.6. The van der Waals surface area contributed by atoms with Gasteiger partial charge in [-0.25, -0.2) is 4.90 Å². The lowest BCUT2D eigenvalue weighted by atomic mass is 10.1. The van der Waals surface area contributed by atoms with Crippen molar-refractivity contribution in [3.05, 3.63) is 98.5 Å². The molecule has 0 bridgehead atoms. The number of imide groups is 1. The third-order valence-corrected chi connectivity index (χ3v) is 6.57. The monoisotopic (exact) mass is 482 g/mol. The number of nitrogens with one attached hydrogen (secondary N) is 1. The molecule has 0 radical (unpaired) electrons. The summed E-state index contributed by atoms with van der Waals surface area (Å²) in [6, 6.07) is 20.2. The lowest BCUT2D eigenvalue weighted by molar-refractivity contribution is -0.120. The molecule has 0 unspecified atom stereocenters. The number of nitrogens with zero attached hydrogens (tertiary/aromatic N) is 1. The van der Waals surface area contributed by atoms with Gasteiger partial charge in [0.1, 0.15) is 10.6 Å². The van der Waals surface area contributed by atoms with Crippen LogP contribution in [0.1, 0.15) is 18.1 Å². The zero-order valence-corrected chi connectivity index (χ0v) is 19.8. The molecule has 1 N–H and O–H groups in total. The van der Waals surface area contributed by atoms with E-state index in [1.54, 1.807) is 18.2 Å². The molecule has 4 rings (SSSR count). The fourth-order valence-electron chi connectivity index (χ4n) is 3.43. The fourth-order valence-corrected chi connectivity index (χ4v) is 4.87. The maximum absolute atomic E-state index is 13.5. The lowest BCUT2D eigenvalue weighted by Crippen LogP contribution is -2.32. The van der Waals surface area contributed by atoms with Gasteiger partial charge in [-0.1, -0.05) is 77.8 Å². The SMILES string of the molecule is CCc1ccccc1NC1=C(Sc2ccc(C)cc2)C(=O)N(c2cc(Cl)cc(Cl)c2)C1=O. The highest BCUT2D eigenvalue weighted by atomic mass is 35.5. The standard InChI is InChI=1S/C25H20Cl2N2O2S/c1-3-16-6-4-5-7-21(16)28-22-23(32-20-10-8-15(2)9-11-20)25(31)29(24(22)30)19-13-17(26)12-18(27)14-19/h4-14,28H,3H2,1-2H3. The molecule has 0 aliphatic carbocycles. The lowest BCUT2D eigenvalue weighted by Gasteiger charge is -2.16. The van der Waals surface area contributed by atoms with Crippen LogP contribution in [0.2, 0.25) is 10.0 Å². The van der Waals surface area contributed by atoms with Gasteiger partial charge >= 0.3 is 0 Å². The van der Waals surface area contributed by atoms with E-state index in [0.29, 0.717) is 20.6 Å². The Balaban J connectivity index is 1.78. The summed E-state index contributed by atoms with van der Waals surface area (Å²) in [5.41, 5.74) is 3.52. The molecule has 4 nitrogen and oxygen atoms in total. The van der Waals surface area contributed by atoms with E-state index in [9.17, 15) is 9.59 Å². The van der Waals surface area contributed by atoms with E-state index < -0.39 is 11.8 Å². The van der Waals surface area contributed by atoms with E-state index in [1.807, 2.05) is 62.4 Å². The molecule has 0 aromatic heterocycles. The van der Waals surface area contributed by atoms with Gasteiger partial charge in [-0.05, 0) is 55.3 Å². The van der Waals surface area contributed by atoms with Crippen LogP contribution in [-0.2, 0) is 16.0 Å². The molecule has 7 heteroatoms. The van der Waals surface area contributed by atoms with Crippen molar-refractivity contribution in [1.82, 2.24) is 0 Å². The molecular weight excluding hydrogens is 463 g/mol. The van der Waals surface area contributed by atoms with E-state index >= 15 is 0 Å². The zero-order valence-electron chi connectivity index (χ0n) is 17.5. The molecule has 3 aromatic rings. The Bertz CT molecular complexity index is 1220.